The molecule has 0 aliphatic heterocycles. The van der Waals surface area contributed by atoms with Gasteiger partial charge in [0.2, 0.25) is 0 Å². The van der Waals surface area contributed by atoms with Gasteiger partial charge in [-0.3, -0.25) is 0 Å². The molecule has 0 fully saturated rings. The van der Waals surface area contributed by atoms with Crippen LogP contribution in [0.3, 0.4) is 0 Å². The molecule has 68 valence electrons. The van der Waals surface area contributed by atoms with Crippen LogP contribution in [0.5, 0.6) is 0 Å². The number of hydrogen-bond donors (Lipinski definition) is 1. The van der Waals surface area contributed by atoms with E-state index in [1.165, 1.54) is 0 Å². The fourth-order valence-electron chi connectivity index (χ4n) is 0.861. The minimum absolute atomic E-state index is 0.0743. The molecule has 3 nitrogen and oxygen atoms in total. The van der Waals surface area contributed by atoms with Gasteiger partial charge in [0.05, 0.1) is 0 Å². The molecule has 0 atom stereocenters. The zero-order valence-corrected chi connectivity index (χ0v) is 8.96. The predicted octanol–water partition coefficient (Wildman–Crippen LogP) is 0.598. The van der Waals surface area contributed by atoms with Crippen LogP contribution in [0.4, 0.5) is 4.79 Å². The van der Waals surface area contributed by atoms with Crippen molar-refractivity contribution in [2.45, 2.75) is 0 Å². The quantitative estimate of drug-likeness (QED) is 0.559. The maximum atomic E-state index is 11.3. The number of nitrogens with zero attached hydrogens (tertiary/aromatic N) is 1. The Bertz CT molecular complexity index is 181. The van der Waals surface area contributed by atoms with Gasteiger partial charge in [0.25, 0.3) is 0 Å². The summed E-state index contributed by atoms with van der Waals surface area (Å²) in [6.45, 7) is 8.31. The molecule has 1 N–H and O–H groups in total. The summed E-state index contributed by atoms with van der Waals surface area (Å²) in [4.78, 5) is 11.3. The summed E-state index contributed by atoms with van der Waals surface area (Å²) in [5, 5.41) is 2.58. The first-order valence-electron chi connectivity index (χ1n) is 3.63. The number of carbonyl (C=O) groups is 1. The topological polar surface area (TPSA) is 29.1 Å². The van der Waals surface area contributed by atoms with Gasteiger partial charge >= 0.3 is 81.3 Å². The molecule has 0 unspecified atom stereocenters. The first-order chi connectivity index (χ1) is 5.60. The summed E-state index contributed by atoms with van der Waals surface area (Å²) < 4.78 is 0.156. The Hall–Kier alpha value is -0.571. The molecule has 0 saturated carbocycles. The molecular formula is C8H14N2OSe. The number of amides is 2. The fraction of sp³-hybridized carbons (Fsp3) is 0.375. The molecule has 0 aromatic heterocycles. The van der Waals surface area contributed by atoms with Crippen LogP contribution in [0.15, 0.2) is 25.3 Å². The van der Waals surface area contributed by atoms with Crippen molar-refractivity contribution in [3.63, 3.8) is 0 Å². The van der Waals surface area contributed by atoms with Crippen LogP contribution in [0, 0.1) is 0 Å². The van der Waals surface area contributed by atoms with E-state index in [0.29, 0.717) is 13.1 Å². The van der Waals surface area contributed by atoms with E-state index in [1.807, 2.05) is 0 Å². The second-order valence-corrected chi connectivity index (χ2v) is 3.85. The van der Waals surface area contributed by atoms with Gasteiger partial charge < -0.3 is 0 Å². The van der Waals surface area contributed by atoms with Crippen molar-refractivity contribution in [2.75, 3.05) is 20.1 Å². The molecule has 2 amide bonds. The number of nitrogens with one attached hydrogen (secondary N) is 1. The number of carbonyl (C=O) groups excluding carboxylic acids is 1. The van der Waals surface area contributed by atoms with E-state index in [2.05, 4.69) is 34.7 Å². The monoisotopic (exact) mass is 234 g/mol. The van der Waals surface area contributed by atoms with Crippen molar-refractivity contribution in [2.24, 2.45) is 0 Å². The Morgan fingerprint density at radius 1 is 1.50 bits per heavy atom. The van der Waals surface area contributed by atoms with E-state index in [4.69, 9.17) is 0 Å². The molecule has 0 rings (SSSR count). The van der Waals surface area contributed by atoms with Crippen molar-refractivity contribution >= 4 is 22.3 Å². The van der Waals surface area contributed by atoms with Gasteiger partial charge in [-0.1, -0.05) is 0 Å². The molecule has 0 spiro atoms. The molecule has 0 aromatic carbocycles. The predicted molar refractivity (Wildman–Crippen MR) is 50.6 cm³/mol. The number of quaternary nitrogens is 1. The second kappa shape index (κ2) is 5.14. The molecular weight excluding hydrogens is 219 g/mol. The average molecular weight is 233 g/mol. The van der Waals surface area contributed by atoms with Gasteiger partial charge in [0.15, 0.2) is 0 Å². The van der Waals surface area contributed by atoms with Crippen LogP contribution < -0.4 is 5.32 Å². The second-order valence-electron chi connectivity index (χ2n) is 2.39. The first-order valence-corrected chi connectivity index (χ1v) is 4.39. The van der Waals surface area contributed by atoms with Crippen molar-refractivity contribution < 1.29 is 8.29 Å². The molecule has 0 aliphatic rings. The van der Waals surface area contributed by atoms with Crippen molar-refractivity contribution in [1.29, 1.82) is 0 Å². The van der Waals surface area contributed by atoms with E-state index in [9.17, 15) is 4.79 Å². The summed E-state index contributed by atoms with van der Waals surface area (Å²) in [5.74, 6) is 0. The van der Waals surface area contributed by atoms with Crippen LogP contribution in [-0.2, 0) is 0 Å². The van der Waals surface area contributed by atoms with Crippen LogP contribution in [0.2, 0.25) is 0 Å². The molecule has 0 heterocycles. The molecule has 0 aromatic rings. The van der Waals surface area contributed by atoms with Gasteiger partial charge in [0, 0.05) is 0 Å². The Labute approximate surface area is 81.7 Å². The molecule has 4 heteroatoms. The number of hydrogen-bond acceptors (Lipinski definition) is 1. The molecule has 0 radical (unpaired) electrons. The standard InChI is InChI=1S/C8H14N2OSe/c1-4-6-10(12,7-5-2)8(11)9-3/h4-5H,1-2,6-7H2,3H3,(H,9,11). The number of urea groups is 1. The number of rotatable bonds is 4. The summed E-state index contributed by atoms with van der Waals surface area (Å²) in [6, 6.07) is -0.0743. The van der Waals surface area contributed by atoms with Gasteiger partial charge in [-0.15, -0.1) is 0 Å². The summed E-state index contributed by atoms with van der Waals surface area (Å²) >= 11 is 2.83. The molecule has 0 saturated heterocycles. The van der Waals surface area contributed by atoms with Gasteiger partial charge in [-0.05, 0) is 0 Å². The van der Waals surface area contributed by atoms with E-state index < -0.39 is 0 Å². The Kier molecular flexibility index (Phi) is 4.90. The first kappa shape index (κ1) is 11.4. The summed E-state index contributed by atoms with van der Waals surface area (Å²) in [5.41, 5.74) is 0. The Balaban J connectivity index is 4.46. The van der Waals surface area contributed by atoms with E-state index in [0.717, 1.165) is 0 Å². The van der Waals surface area contributed by atoms with Crippen LogP contribution >= 0.6 is 0 Å². The van der Waals surface area contributed by atoms with Crippen molar-refractivity contribution in [3.8, 4) is 0 Å². The Morgan fingerprint density at radius 2 is 1.92 bits per heavy atom. The minimum atomic E-state index is -0.0743. The summed E-state index contributed by atoms with van der Waals surface area (Å²) in [7, 11) is 1.61. The average Bonchev–Trinajstić information content (AvgIpc) is 2.04. The van der Waals surface area contributed by atoms with Crippen LogP contribution in [0.1, 0.15) is 0 Å². The molecule has 0 aliphatic carbocycles. The van der Waals surface area contributed by atoms with E-state index >= 15 is 0 Å². The summed E-state index contributed by atoms with van der Waals surface area (Å²) in [6.07, 6.45) is 3.41. The van der Waals surface area contributed by atoms with Crippen LogP contribution in [-0.4, -0.2) is 45.9 Å². The van der Waals surface area contributed by atoms with E-state index in [1.54, 1.807) is 19.2 Å². The Morgan fingerprint density at radius 3 is 2.17 bits per heavy atom. The van der Waals surface area contributed by atoms with Crippen molar-refractivity contribution in [3.05, 3.63) is 25.3 Å². The fourth-order valence-corrected chi connectivity index (χ4v) is 1.50. The molecule has 12 heavy (non-hydrogen) atoms. The third kappa shape index (κ3) is 2.81. The van der Waals surface area contributed by atoms with Crippen molar-refractivity contribution in [1.82, 2.24) is 5.32 Å². The van der Waals surface area contributed by atoms with E-state index in [-0.39, 0.29) is 9.53 Å². The van der Waals surface area contributed by atoms with Gasteiger partial charge in [-0.2, -0.15) is 0 Å². The van der Waals surface area contributed by atoms with Gasteiger partial charge in [0.1, 0.15) is 0 Å². The SMILES string of the molecule is C=CC[N+]([Se-])(CC=C)C(=O)NC. The molecule has 0 bridgehead atoms. The van der Waals surface area contributed by atoms with Crippen LogP contribution in [0.25, 0.3) is 0 Å². The normalized spacial score (nSPS) is 10.5. The maximum absolute atomic E-state index is 11.3. The zero-order valence-electron chi connectivity index (χ0n) is 7.25. The van der Waals surface area contributed by atoms with Gasteiger partial charge in [-0.25, -0.2) is 0 Å². The zero-order chi connectivity index (χ0) is 9.61. The third-order valence-electron chi connectivity index (χ3n) is 1.43. The third-order valence-corrected chi connectivity index (χ3v) is 2.41.